The van der Waals surface area contributed by atoms with Crippen molar-refractivity contribution in [2.24, 2.45) is 0 Å². The number of hydroxylamine groups is 2. The molecule has 0 saturated heterocycles. The summed E-state index contributed by atoms with van der Waals surface area (Å²) in [6.45, 7) is 13.6. The molecule has 1 aromatic rings. The first-order valence-corrected chi connectivity index (χ1v) is 8.75. The second-order valence-corrected chi connectivity index (χ2v) is 8.14. The fraction of sp³-hybridized carbons (Fsp3) is 0.550. The van der Waals surface area contributed by atoms with Gasteiger partial charge in [0.05, 0.1) is 11.6 Å². The molecule has 2 N–H and O–H groups in total. The zero-order valence-electron chi connectivity index (χ0n) is 16.3. The molecule has 2 unspecified atom stereocenters. The molecule has 0 bridgehead atoms. The normalized spacial score (nSPS) is 22.2. The van der Waals surface area contributed by atoms with Crippen LogP contribution < -0.4 is 15.1 Å². The highest BCUT2D eigenvalue weighted by molar-refractivity contribution is 5.96. The number of para-hydroxylation sites is 1. The van der Waals surface area contributed by atoms with E-state index < -0.39 is 11.1 Å². The third kappa shape index (κ3) is 3.88. The monoisotopic (exact) mass is 346 g/mol. The summed E-state index contributed by atoms with van der Waals surface area (Å²) in [5, 5.41) is 15.5. The highest BCUT2D eigenvalue weighted by Crippen LogP contribution is 2.25. The molecule has 0 fully saturated rings. The van der Waals surface area contributed by atoms with Crippen LogP contribution in [0.5, 0.6) is 5.75 Å². The number of benzene rings is 1. The van der Waals surface area contributed by atoms with Gasteiger partial charge in [-0.25, -0.2) is 0 Å². The molecule has 0 saturated carbocycles. The van der Waals surface area contributed by atoms with Gasteiger partial charge in [0.15, 0.2) is 0 Å². The standard InChI is InChI=1S/C20H30N2O3/c1-13-9-8-10-14(2)17(13)25-12-15(3)21-18(23)16-11-19(4,5)22(24)20(16,6)7/h8-11,15,22H,12H2,1-7H3,(H,21,23). The Morgan fingerprint density at radius 3 is 2.28 bits per heavy atom. The van der Waals surface area contributed by atoms with Crippen molar-refractivity contribution in [3.8, 4) is 5.75 Å². The third-order valence-corrected chi connectivity index (χ3v) is 4.84. The second kappa shape index (κ2) is 6.81. The average Bonchev–Trinajstić information content (AvgIpc) is 2.66. The predicted molar refractivity (Wildman–Crippen MR) is 99.6 cm³/mol. The smallest absolute Gasteiger partial charge is 0.253 e. The van der Waals surface area contributed by atoms with Gasteiger partial charge in [-0.3, -0.25) is 4.79 Å². The van der Waals surface area contributed by atoms with Crippen LogP contribution in [0.2, 0.25) is 0 Å². The van der Waals surface area contributed by atoms with Crippen molar-refractivity contribution in [3.63, 3.8) is 0 Å². The van der Waals surface area contributed by atoms with E-state index in [4.69, 9.17) is 4.74 Å². The molecule has 0 aliphatic carbocycles. The van der Waals surface area contributed by atoms with Gasteiger partial charge >= 0.3 is 0 Å². The molecule has 1 aliphatic heterocycles. The van der Waals surface area contributed by atoms with Crippen molar-refractivity contribution < 1.29 is 14.6 Å². The Hall–Kier alpha value is -1.85. The number of carbonyl (C=O) groups is 1. The molecule has 1 aromatic carbocycles. The Bertz CT molecular complexity index is 672. The Kier molecular flexibility index (Phi) is 5.30. The van der Waals surface area contributed by atoms with E-state index in [2.05, 4.69) is 5.32 Å². The molecular formula is C20H30N2O3. The minimum atomic E-state index is -0.763. The maximum absolute atomic E-state index is 12.7. The molecular weight excluding hydrogens is 316 g/mol. The lowest BCUT2D eigenvalue weighted by Crippen LogP contribution is -3.20. The van der Waals surface area contributed by atoms with Crippen LogP contribution >= 0.6 is 0 Å². The molecule has 5 heteroatoms. The van der Waals surface area contributed by atoms with E-state index in [0.717, 1.165) is 16.9 Å². The molecule has 138 valence electrons. The number of ether oxygens (including phenoxy) is 1. The van der Waals surface area contributed by atoms with Crippen molar-refractivity contribution in [1.82, 2.24) is 5.32 Å². The Morgan fingerprint density at radius 1 is 1.24 bits per heavy atom. The zero-order valence-corrected chi connectivity index (χ0v) is 16.3. The summed E-state index contributed by atoms with van der Waals surface area (Å²) in [6, 6.07) is 5.84. The van der Waals surface area contributed by atoms with E-state index >= 15 is 0 Å². The van der Waals surface area contributed by atoms with E-state index in [9.17, 15) is 10.0 Å². The minimum Gasteiger partial charge on any atom is -0.633 e. The number of carbonyl (C=O) groups excluding carboxylic acids is 1. The lowest BCUT2D eigenvalue weighted by atomic mass is 9.95. The zero-order chi connectivity index (χ0) is 19.0. The largest absolute Gasteiger partial charge is 0.633 e. The Balaban J connectivity index is 2.01. The van der Waals surface area contributed by atoms with Gasteiger partial charge in [-0.2, -0.15) is 0 Å². The molecule has 0 spiro atoms. The van der Waals surface area contributed by atoms with Gasteiger partial charge in [-0.05, 0) is 65.7 Å². The summed E-state index contributed by atoms with van der Waals surface area (Å²) in [7, 11) is 0. The van der Waals surface area contributed by atoms with Crippen molar-refractivity contribution in [2.75, 3.05) is 6.61 Å². The number of nitrogens with one attached hydrogen (secondary N) is 2. The van der Waals surface area contributed by atoms with E-state index in [1.54, 1.807) is 6.08 Å². The number of aryl methyl sites for hydroxylation is 2. The SMILES string of the molecule is Cc1cccc(C)c1OCC(C)NC(=O)C1=CC(C)(C)[NH+]([O-])C1(C)C. The van der Waals surface area contributed by atoms with E-state index in [0.29, 0.717) is 12.2 Å². The number of rotatable bonds is 5. The number of hydrogen-bond acceptors (Lipinski definition) is 3. The molecule has 2 atom stereocenters. The highest BCUT2D eigenvalue weighted by Gasteiger charge is 2.48. The second-order valence-electron chi connectivity index (χ2n) is 8.14. The Morgan fingerprint density at radius 2 is 1.80 bits per heavy atom. The van der Waals surface area contributed by atoms with Crippen molar-refractivity contribution >= 4 is 5.91 Å². The van der Waals surface area contributed by atoms with Crippen molar-refractivity contribution in [2.45, 2.75) is 65.6 Å². The first-order valence-electron chi connectivity index (χ1n) is 8.75. The summed E-state index contributed by atoms with van der Waals surface area (Å²) >= 11 is 0. The Labute approximate surface area is 150 Å². The molecule has 1 heterocycles. The van der Waals surface area contributed by atoms with Gasteiger partial charge in [0, 0.05) is 0 Å². The van der Waals surface area contributed by atoms with Crippen molar-refractivity contribution in [1.29, 1.82) is 0 Å². The van der Waals surface area contributed by atoms with Gasteiger partial charge in [-0.1, -0.05) is 18.2 Å². The van der Waals surface area contributed by atoms with Crippen molar-refractivity contribution in [3.05, 3.63) is 46.2 Å². The maximum atomic E-state index is 12.7. The quantitative estimate of drug-likeness (QED) is 0.802. The molecule has 1 aliphatic rings. The van der Waals surface area contributed by atoms with Crippen LogP contribution in [0.4, 0.5) is 0 Å². The summed E-state index contributed by atoms with van der Waals surface area (Å²) in [4.78, 5) is 12.7. The molecule has 0 aromatic heterocycles. The van der Waals surface area contributed by atoms with Gasteiger partial charge in [0.25, 0.3) is 5.91 Å². The predicted octanol–water partition coefficient (Wildman–Crippen LogP) is 2.07. The number of hydrogen-bond donors (Lipinski definition) is 2. The molecule has 25 heavy (non-hydrogen) atoms. The van der Waals surface area contributed by atoms with Gasteiger partial charge < -0.3 is 20.3 Å². The number of quaternary nitrogens is 1. The summed E-state index contributed by atoms with van der Waals surface area (Å²) in [5.41, 5.74) is 1.33. The maximum Gasteiger partial charge on any atom is 0.253 e. The van der Waals surface area contributed by atoms with Crippen LogP contribution in [0.15, 0.2) is 29.8 Å². The van der Waals surface area contributed by atoms with Crippen LogP contribution in [0.1, 0.15) is 45.7 Å². The van der Waals surface area contributed by atoms with Gasteiger partial charge in [0.1, 0.15) is 23.4 Å². The van der Waals surface area contributed by atoms with Gasteiger partial charge in [-0.15, -0.1) is 0 Å². The van der Waals surface area contributed by atoms with Crippen LogP contribution in [0.25, 0.3) is 0 Å². The fourth-order valence-electron chi connectivity index (χ4n) is 3.46. The molecule has 1 amide bonds. The topological polar surface area (TPSA) is 65.8 Å². The van der Waals surface area contributed by atoms with Crippen LogP contribution in [0.3, 0.4) is 0 Å². The first kappa shape index (κ1) is 19.5. The lowest BCUT2D eigenvalue weighted by molar-refractivity contribution is -0.927. The third-order valence-electron chi connectivity index (χ3n) is 4.84. The lowest BCUT2D eigenvalue weighted by Gasteiger charge is -2.41. The van der Waals surface area contributed by atoms with E-state index in [1.165, 1.54) is 0 Å². The highest BCUT2D eigenvalue weighted by atomic mass is 16.5. The molecule has 5 nitrogen and oxygen atoms in total. The number of amides is 1. The first-order chi connectivity index (χ1) is 11.5. The van der Waals surface area contributed by atoms with Gasteiger partial charge in [0.2, 0.25) is 0 Å². The van der Waals surface area contributed by atoms with Crippen LogP contribution in [0, 0.1) is 19.1 Å². The average molecular weight is 346 g/mol. The molecule has 2 rings (SSSR count). The van der Waals surface area contributed by atoms with E-state index in [-0.39, 0.29) is 17.0 Å². The van der Waals surface area contributed by atoms with E-state index in [1.807, 2.05) is 66.7 Å². The summed E-state index contributed by atoms with van der Waals surface area (Å²) < 4.78 is 5.91. The summed E-state index contributed by atoms with van der Waals surface area (Å²) in [5.74, 6) is 0.668. The summed E-state index contributed by atoms with van der Waals surface area (Å²) in [6.07, 6.45) is 1.80. The fourth-order valence-corrected chi connectivity index (χ4v) is 3.46. The van der Waals surface area contributed by atoms with Crippen LogP contribution in [-0.2, 0) is 4.79 Å². The minimum absolute atomic E-state index is 0.0737. The molecule has 0 radical (unpaired) electrons. The van der Waals surface area contributed by atoms with Crippen LogP contribution in [-0.4, -0.2) is 29.6 Å².